The zero-order valence-electron chi connectivity index (χ0n) is 27.4. The van der Waals surface area contributed by atoms with Gasteiger partial charge in [-0.3, -0.25) is 0 Å². The quantitative estimate of drug-likeness (QED) is 0.185. The molecule has 0 saturated carbocycles. The Morgan fingerprint density at radius 1 is 0.333 bits per heavy atom. The topological polar surface area (TPSA) is 64.7 Å². The Kier molecular flexibility index (Phi) is 6.74. The third-order valence-corrected chi connectivity index (χ3v) is 9.49. The van der Waals surface area contributed by atoms with Gasteiger partial charge < -0.3 is 4.42 Å². The number of hydrogen-bond donors (Lipinski definition) is 0. The van der Waals surface area contributed by atoms with Gasteiger partial charge in [0.1, 0.15) is 11.2 Å². The smallest absolute Gasteiger partial charge is 0.161 e. The number of benzene rings is 7. The van der Waals surface area contributed by atoms with Crippen molar-refractivity contribution in [2.45, 2.75) is 0 Å². The Morgan fingerprint density at radius 2 is 0.902 bits per heavy atom. The second kappa shape index (κ2) is 11.9. The minimum atomic E-state index is 0.663. The van der Waals surface area contributed by atoms with Gasteiger partial charge in [0.2, 0.25) is 0 Å². The summed E-state index contributed by atoms with van der Waals surface area (Å²) in [6, 6.07) is 57.9. The van der Waals surface area contributed by atoms with Crippen molar-refractivity contribution in [1.82, 2.24) is 19.9 Å². The monoisotopic (exact) mass is 652 g/mol. The summed E-state index contributed by atoms with van der Waals surface area (Å²) in [5.41, 5.74) is 11.4. The number of furan rings is 1. The van der Waals surface area contributed by atoms with Gasteiger partial charge in [0.15, 0.2) is 11.6 Å². The Bertz CT molecular complexity index is 2900. The maximum Gasteiger partial charge on any atom is 0.161 e. The molecule has 0 fully saturated rings. The van der Waals surface area contributed by atoms with Gasteiger partial charge in [-0.05, 0) is 47.5 Å². The fourth-order valence-corrected chi connectivity index (χ4v) is 7.05. The second-order valence-electron chi connectivity index (χ2n) is 12.6. The van der Waals surface area contributed by atoms with Crippen molar-refractivity contribution in [2.75, 3.05) is 0 Å². The number of hydrogen-bond acceptors (Lipinski definition) is 5. The fourth-order valence-electron chi connectivity index (χ4n) is 7.05. The van der Waals surface area contributed by atoms with Crippen LogP contribution in [0.3, 0.4) is 0 Å². The molecule has 7 aromatic carbocycles. The predicted molar refractivity (Wildman–Crippen MR) is 207 cm³/mol. The molecule has 0 bridgehead atoms. The molecule has 10 aromatic rings. The summed E-state index contributed by atoms with van der Waals surface area (Å²) in [6.07, 6.45) is 0. The summed E-state index contributed by atoms with van der Waals surface area (Å²) in [7, 11) is 0. The van der Waals surface area contributed by atoms with E-state index >= 15 is 0 Å². The van der Waals surface area contributed by atoms with E-state index in [9.17, 15) is 0 Å². The van der Waals surface area contributed by atoms with Crippen LogP contribution in [0.2, 0.25) is 0 Å². The molecule has 0 aliphatic heterocycles. The molecular formula is C46H28N4O. The summed E-state index contributed by atoms with van der Waals surface area (Å²) in [5, 5.41) is 4.01. The first-order valence-corrected chi connectivity index (χ1v) is 17.0. The van der Waals surface area contributed by atoms with Crippen LogP contribution in [-0.2, 0) is 0 Å². The van der Waals surface area contributed by atoms with Crippen molar-refractivity contribution in [3.05, 3.63) is 170 Å². The summed E-state index contributed by atoms with van der Waals surface area (Å²) in [4.78, 5) is 20.4. The van der Waals surface area contributed by atoms with Crippen molar-refractivity contribution < 1.29 is 4.42 Å². The lowest BCUT2D eigenvalue weighted by Gasteiger charge is -2.11. The van der Waals surface area contributed by atoms with Crippen LogP contribution < -0.4 is 0 Å². The molecule has 0 amide bonds. The summed E-state index contributed by atoms with van der Waals surface area (Å²) < 4.78 is 6.43. The average molecular weight is 653 g/mol. The number of nitrogens with zero attached hydrogens (tertiary/aromatic N) is 4. The highest BCUT2D eigenvalue weighted by atomic mass is 16.3. The lowest BCUT2D eigenvalue weighted by molar-refractivity contribution is 0.669. The lowest BCUT2D eigenvalue weighted by atomic mass is 9.97. The molecule has 3 aromatic heterocycles. The van der Waals surface area contributed by atoms with Crippen LogP contribution in [0.4, 0.5) is 0 Å². The molecule has 0 atom stereocenters. The first-order chi connectivity index (χ1) is 25.3. The largest absolute Gasteiger partial charge is 0.456 e. The van der Waals surface area contributed by atoms with Crippen molar-refractivity contribution in [1.29, 1.82) is 0 Å². The van der Waals surface area contributed by atoms with E-state index in [1.165, 1.54) is 0 Å². The maximum absolute atomic E-state index is 6.43. The molecule has 0 aliphatic carbocycles. The lowest BCUT2D eigenvalue weighted by Crippen LogP contribution is -1.95. The zero-order valence-corrected chi connectivity index (χ0v) is 27.4. The van der Waals surface area contributed by atoms with Gasteiger partial charge in [-0.25, -0.2) is 19.9 Å². The molecular weight excluding hydrogens is 625 g/mol. The molecule has 0 N–H and O–H groups in total. The summed E-state index contributed by atoms with van der Waals surface area (Å²) in [6.45, 7) is 0. The van der Waals surface area contributed by atoms with E-state index in [0.717, 1.165) is 88.5 Å². The molecule has 5 heteroatoms. The molecule has 0 spiro atoms. The molecule has 51 heavy (non-hydrogen) atoms. The number of aromatic nitrogens is 4. The van der Waals surface area contributed by atoms with Crippen molar-refractivity contribution in [2.24, 2.45) is 0 Å². The van der Waals surface area contributed by atoms with Gasteiger partial charge in [0.05, 0.1) is 22.4 Å². The van der Waals surface area contributed by atoms with Crippen LogP contribution in [-0.4, -0.2) is 19.9 Å². The summed E-state index contributed by atoms with van der Waals surface area (Å²) >= 11 is 0. The van der Waals surface area contributed by atoms with E-state index in [4.69, 9.17) is 24.4 Å². The Hall–Kier alpha value is -6.98. The average Bonchev–Trinajstić information content (AvgIpc) is 3.59. The number of fused-ring (bicyclic) bond motifs is 5. The van der Waals surface area contributed by atoms with E-state index in [1.54, 1.807) is 0 Å². The highest BCUT2D eigenvalue weighted by Crippen LogP contribution is 2.40. The molecule has 238 valence electrons. The van der Waals surface area contributed by atoms with Gasteiger partial charge >= 0.3 is 0 Å². The molecule has 3 heterocycles. The van der Waals surface area contributed by atoms with E-state index in [0.29, 0.717) is 11.6 Å². The van der Waals surface area contributed by atoms with Crippen LogP contribution in [0.15, 0.2) is 174 Å². The molecule has 5 nitrogen and oxygen atoms in total. The fraction of sp³-hybridized carbons (Fsp3) is 0. The van der Waals surface area contributed by atoms with E-state index in [1.807, 2.05) is 78.9 Å². The maximum atomic E-state index is 6.43. The molecule has 0 saturated heterocycles. The zero-order chi connectivity index (χ0) is 33.7. The van der Waals surface area contributed by atoms with Crippen LogP contribution >= 0.6 is 0 Å². The summed E-state index contributed by atoms with van der Waals surface area (Å²) in [5.74, 6) is 1.37. The van der Waals surface area contributed by atoms with Gasteiger partial charge in [-0.15, -0.1) is 0 Å². The van der Waals surface area contributed by atoms with Crippen LogP contribution in [0.5, 0.6) is 0 Å². The standard InChI is InChI=1S/C46H28N4O/c1-4-13-29(14-5-1)43-34-19-10-11-21-38(34)48-46(50-43)35-20-12-22-41-42(35)37-28-33(24-26-40(37)51-41)32-23-25-39-36(27-32)44(30-15-6-2-7-16-30)49-45(47-39)31-17-8-3-9-18-31/h1-28H. The minimum absolute atomic E-state index is 0.663. The normalized spacial score (nSPS) is 11.5. The first kappa shape index (κ1) is 29.0. The van der Waals surface area contributed by atoms with Crippen LogP contribution in [0.1, 0.15) is 0 Å². The molecule has 0 aliphatic rings. The van der Waals surface area contributed by atoms with Gasteiger partial charge in [0.25, 0.3) is 0 Å². The molecule has 0 radical (unpaired) electrons. The van der Waals surface area contributed by atoms with Crippen LogP contribution in [0, 0.1) is 0 Å². The Labute approximate surface area is 293 Å². The van der Waals surface area contributed by atoms with Crippen molar-refractivity contribution >= 4 is 43.7 Å². The first-order valence-electron chi connectivity index (χ1n) is 17.0. The highest BCUT2D eigenvalue weighted by Gasteiger charge is 2.19. The van der Waals surface area contributed by atoms with E-state index in [2.05, 4.69) is 91.0 Å². The van der Waals surface area contributed by atoms with Crippen molar-refractivity contribution in [3.8, 4) is 56.4 Å². The number of rotatable bonds is 5. The Balaban J connectivity index is 1.16. The third kappa shape index (κ3) is 5.03. The second-order valence-corrected chi connectivity index (χ2v) is 12.6. The Morgan fingerprint density at radius 3 is 1.65 bits per heavy atom. The van der Waals surface area contributed by atoms with E-state index < -0.39 is 0 Å². The molecule has 10 rings (SSSR count). The van der Waals surface area contributed by atoms with Crippen LogP contribution in [0.25, 0.3) is 100 Å². The van der Waals surface area contributed by atoms with Gasteiger partial charge in [-0.2, -0.15) is 0 Å². The van der Waals surface area contributed by atoms with Crippen molar-refractivity contribution in [3.63, 3.8) is 0 Å². The predicted octanol–water partition coefficient (Wildman–Crippen LogP) is 11.8. The minimum Gasteiger partial charge on any atom is -0.456 e. The third-order valence-electron chi connectivity index (χ3n) is 9.49. The highest BCUT2D eigenvalue weighted by molar-refractivity contribution is 6.13. The SMILES string of the molecule is c1ccc(-c2nc(-c3ccccc3)c3cc(-c4ccc5oc6cccc(-c7nc(-c8ccccc8)c8ccccc8n7)c6c5c4)ccc3n2)cc1. The van der Waals surface area contributed by atoms with Gasteiger partial charge in [-0.1, -0.05) is 133 Å². The van der Waals surface area contributed by atoms with Gasteiger partial charge in [0, 0.05) is 43.8 Å². The number of para-hydroxylation sites is 1. The molecule has 0 unspecified atom stereocenters. The van der Waals surface area contributed by atoms with E-state index in [-0.39, 0.29) is 0 Å².